The molecular weight excluding hydrogens is 326 g/mol. The van der Waals surface area contributed by atoms with E-state index in [9.17, 15) is 4.79 Å². The standard InChI is InChI=1S/C20H29N5O/c1-3-9-25-14-18(15(2)22-25)20(26)24-10-4-5-17(13-24)19-21-8-11-23(19)12-16-6-7-16/h8,11,14,16-17H,3-7,9-10,12-13H2,1-2H3/t17-/m1/s1. The van der Waals surface area contributed by atoms with E-state index in [0.717, 1.165) is 68.4 Å². The summed E-state index contributed by atoms with van der Waals surface area (Å²) in [6.07, 6.45) is 11.8. The molecule has 0 aromatic carbocycles. The van der Waals surface area contributed by atoms with Gasteiger partial charge < -0.3 is 9.47 Å². The van der Waals surface area contributed by atoms with E-state index >= 15 is 0 Å². The van der Waals surface area contributed by atoms with Crippen molar-refractivity contribution in [3.05, 3.63) is 35.7 Å². The summed E-state index contributed by atoms with van der Waals surface area (Å²) in [5.41, 5.74) is 1.58. The molecule has 3 heterocycles. The normalized spacial score (nSPS) is 20.5. The van der Waals surface area contributed by atoms with Gasteiger partial charge in [-0.15, -0.1) is 0 Å². The summed E-state index contributed by atoms with van der Waals surface area (Å²) in [4.78, 5) is 19.7. The number of rotatable bonds is 6. The van der Waals surface area contributed by atoms with Crippen LogP contribution in [0.2, 0.25) is 0 Å². The summed E-state index contributed by atoms with van der Waals surface area (Å²) in [6.45, 7) is 7.59. The molecule has 0 unspecified atom stereocenters. The molecule has 0 radical (unpaired) electrons. The zero-order chi connectivity index (χ0) is 18.1. The summed E-state index contributed by atoms with van der Waals surface area (Å²) in [7, 11) is 0. The molecule has 0 bridgehead atoms. The first-order chi connectivity index (χ1) is 12.7. The lowest BCUT2D eigenvalue weighted by atomic mass is 9.96. The summed E-state index contributed by atoms with van der Waals surface area (Å²) < 4.78 is 4.22. The number of nitrogens with zero attached hydrogens (tertiary/aromatic N) is 5. The number of carbonyl (C=O) groups is 1. The van der Waals surface area contributed by atoms with Crippen molar-refractivity contribution in [2.45, 2.75) is 65.0 Å². The van der Waals surface area contributed by atoms with Crippen molar-refractivity contribution in [3.8, 4) is 0 Å². The molecule has 26 heavy (non-hydrogen) atoms. The molecule has 6 nitrogen and oxygen atoms in total. The van der Waals surface area contributed by atoms with Crippen molar-refractivity contribution in [2.75, 3.05) is 13.1 Å². The third-order valence-corrected chi connectivity index (χ3v) is 5.60. The Hall–Kier alpha value is -2.11. The molecule has 1 saturated heterocycles. The second-order valence-corrected chi connectivity index (χ2v) is 7.86. The zero-order valence-corrected chi connectivity index (χ0v) is 15.9. The number of imidazole rings is 1. The summed E-state index contributed by atoms with van der Waals surface area (Å²) in [5, 5.41) is 4.49. The fourth-order valence-corrected chi connectivity index (χ4v) is 4.03. The van der Waals surface area contributed by atoms with Gasteiger partial charge in [0, 0.05) is 50.7 Å². The average Bonchev–Trinajstić information content (AvgIpc) is 3.20. The highest BCUT2D eigenvalue weighted by atomic mass is 16.2. The van der Waals surface area contributed by atoms with Crippen molar-refractivity contribution in [2.24, 2.45) is 5.92 Å². The summed E-state index contributed by atoms with van der Waals surface area (Å²) in [6, 6.07) is 0. The lowest BCUT2D eigenvalue weighted by Crippen LogP contribution is -2.40. The van der Waals surface area contributed by atoms with Gasteiger partial charge in [-0.2, -0.15) is 5.10 Å². The molecule has 140 valence electrons. The zero-order valence-electron chi connectivity index (χ0n) is 15.9. The SMILES string of the molecule is CCCn1cc(C(=O)N2CCC[C@@H](c3nccn3CC3CC3)C2)c(C)n1. The van der Waals surface area contributed by atoms with Crippen LogP contribution in [0, 0.1) is 12.8 Å². The molecule has 6 heteroatoms. The number of piperidine rings is 1. The number of aryl methyl sites for hydroxylation is 2. The topological polar surface area (TPSA) is 56.0 Å². The monoisotopic (exact) mass is 355 g/mol. The lowest BCUT2D eigenvalue weighted by molar-refractivity contribution is 0.0702. The van der Waals surface area contributed by atoms with Gasteiger partial charge in [0.15, 0.2) is 0 Å². The van der Waals surface area contributed by atoms with Gasteiger partial charge in [-0.3, -0.25) is 9.48 Å². The van der Waals surface area contributed by atoms with Crippen LogP contribution in [0.1, 0.15) is 66.8 Å². The van der Waals surface area contributed by atoms with Gasteiger partial charge in [0.05, 0.1) is 11.3 Å². The Morgan fingerprint density at radius 1 is 1.31 bits per heavy atom. The van der Waals surface area contributed by atoms with Crippen molar-refractivity contribution in [1.29, 1.82) is 0 Å². The Balaban J connectivity index is 1.48. The third-order valence-electron chi connectivity index (χ3n) is 5.60. The molecule has 2 fully saturated rings. The molecule has 2 aromatic rings. The highest BCUT2D eigenvalue weighted by Crippen LogP contribution is 2.33. The molecule has 0 spiro atoms. The molecule has 2 aromatic heterocycles. The molecule has 0 N–H and O–H groups in total. The maximum Gasteiger partial charge on any atom is 0.257 e. The molecule has 1 aliphatic heterocycles. The first-order valence-electron chi connectivity index (χ1n) is 10.00. The average molecular weight is 355 g/mol. The first-order valence-corrected chi connectivity index (χ1v) is 10.00. The number of hydrogen-bond acceptors (Lipinski definition) is 3. The molecule has 1 saturated carbocycles. The number of amides is 1. The smallest absolute Gasteiger partial charge is 0.257 e. The van der Waals surface area contributed by atoms with Crippen LogP contribution in [0.3, 0.4) is 0 Å². The van der Waals surface area contributed by atoms with Gasteiger partial charge in [0.2, 0.25) is 0 Å². The number of hydrogen-bond donors (Lipinski definition) is 0. The van der Waals surface area contributed by atoms with Crippen molar-refractivity contribution in [1.82, 2.24) is 24.2 Å². The lowest BCUT2D eigenvalue weighted by Gasteiger charge is -2.32. The van der Waals surface area contributed by atoms with Crippen LogP contribution in [0.25, 0.3) is 0 Å². The van der Waals surface area contributed by atoms with E-state index in [2.05, 4.69) is 27.8 Å². The van der Waals surface area contributed by atoms with E-state index in [1.165, 1.54) is 12.8 Å². The Labute approximate surface area is 155 Å². The number of aromatic nitrogens is 4. The van der Waals surface area contributed by atoms with Crippen LogP contribution in [0.15, 0.2) is 18.6 Å². The van der Waals surface area contributed by atoms with Crippen LogP contribution in [0.5, 0.6) is 0 Å². The van der Waals surface area contributed by atoms with E-state index in [1.807, 2.05) is 28.9 Å². The van der Waals surface area contributed by atoms with Crippen LogP contribution in [0.4, 0.5) is 0 Å². The van der Waals surface area contributed by atoms with Gasteiger partial charge in [-0.1, -0.05) is 6.92 Å². The summed E-state index contributed by atoms with van der Waals surface area (Å²) in [5.74, 6) is 2.45. The minimum atomic E-state index is 0.120. The van der Waals surface area contributed by atoms with E-state index in [-0.39, 0.29) is 5.91 Å². The van der Waals surface area contributed by atoms with Gasteiger partial charge in [-0.25, -0.2) is 4.98 Å². The predicted molar refractivity (Wildman–Crippen MR) is 100 cm³/mol. The highest BCUT2D eigenvalue weighted by Gasteiger charge is 2.30. The maximum absolute atomic E-state index is 13.1. The van der Waals surface area contributed by atoms with Crippen LogP contribution in [-0.4, -0.2) is 43.2 Å². The second-order valence-electron chi connectivity index (χ2n) is 7.86. The van der Waals surface area contributed by atoms with Gasteiger partial charge in [-0.05, 0) is 44.9 Å². The van der Waals surface area contributed by atoms with Crippen molar-refractivity contribution in [3.63, 3.8) is 0 Å². The summed E-state index contributed by atoms with van der Waals surface area (Å²) >= 11 is 0. The largest absolute Gasteiger partial charge is 0.338 e. The number of likely N-dealkylation sites (tertiary alicyclic amines) is 1. The Morgan fingerprint density at radius 3 is 2.92 bits per heavy atom. The highest BCUT2D eigenvalue weighted by molar-refractivity contribution is 5.95. The van der Waals surface area contributed by atoms with Crippen molar-refractivity contribution >= 4 is 5.91 Å². The fourth-order valence-electron chi connectivity index (χ4n) is 4.03. The molecule has 1 amide bonds. The molecule has 1 aliphatic carbocycles. The minimum absolute atomic E-state index is 0.120. The number of carbonyl (C=O) groups excluding carboxylic acids is 1. The van der Waals surface area contributed by atoms with Gasteiger partial charge in [0.25, 0.3) is 5.91 Å². The molecule has 1 atom stereocenters. The van der Waals surface area contributed by atoms with Gasteiger partial charge in [0.1, 0.15) is 5.82 Å². The quantitative estimate of drug-likeness (QED) is 0.799. The van der Waals surface area contributed by atoms with E-state index in [0.29, 0.717) is 5.92 Å². The van der Waals surface area contributed by atoms with E-state index in [1.54, 1.807) is 0 Å². The Bertz CT molecular complexity index is 773. The Morgan fingerprint density at radius 2 is 2.15 bits per heavy atom. The molecule has 2 aliphatic rings. The maximum atomic E-state index is 13.1. The first kappa shape index (κ1) is 17.3. The van der Waals surface area contributed by atoms with Gasteiger partial charge >= 0.3 is 0 Å². The van der Waals surface area contributed by atoms with Crippen LogP contribution in [-0.2, 0) is 13.1 Å². The van der Waals surface area contributed by atoms with Crippen LogP contribution >= 0.6 is 0 Å². The Kier molecular flexibility index (Phi) is 4.83. The van der Waals surface area contributed by atoms with Crippen LogP contribution < -0.4 is 0 Å². The van der Waals surface area contributed by atoms with E-state index < -0.39 is 0 Å². The molecular formula is C20H29N5O. The van der Waals surface area contributed by atoms with E-state index in [4.69, 9.17) is 0 Å². The second kappa shape index (κ2) is 7.25. The van der Waals surface area contributed by atoms with Crippen molar-refractivity contribution < 1.29 is 4.79 Å². The molecule has 4 rings (SSSR count). The predicted octanol–water partition coefficient (Wildman–Crippen LogP) is 3.23. The third kappa shape index (κ3) is 3.55. The fraction of sp³-hybridized carbons (Fsp3) is 0.650. The minimum Gasteiger partial charge on any atom is -0.338 e.